The maximum atomic E-state index is 2.33. The van der Waals surface area contributed by atoms with E-state index in [0.717, 1.165) is 0 Å². The molecule has 0 aromatic heterocycles. The molecule has 0 aliphatic heterocycles. The van der Waals surface area contributed by atoms with Crippen LogP contribution in [0.15, 0.2) is 118 Å². The highest BCUT2D eigenvalue weighted by Gasteiger charge is 2.28. The third kappa shape index (κ3) is 2.88. The first-order valence-corrected chi connectivity index (χ1v) is 8.97. The summed E-state index contributed by atoms with van der Waals surface area (Å²) in [7, 11) is -0.0707. The van der Waals surface area contributed by atoms with Gasteiger partial charge in [-0.1, -0.05) is 60.7 Å². The van der Waals surface area contributed by atoms with Gasteiger partial charge in [-0.25, -0.2) is 0 Å². The van der Waals surface area contributed by atoms with Gasteiger partial charge in [0.05, 0.1) is 10.9 Å². The summed E-state index contributed by atoms with van der Waals surface area (Å²) in [6.07, 6.45) is 0. The maximum absolute atomic E-state index is 2.33. The highest BCUT2D eigenvalue weighted by atomic mass is 32.2. The first-order valence-electron chi connectivity index (χ1n) is 7.75. The summed E-state index contributed by atoms with van der Waals surface area (Å²) >= 11 is 0. The highest BCUT2D eigenvalue weighted by molar-refractivity contribution is 7.97. The number of benzene rings is 4. The van der Waals surface area contributed by atoms with Crippen molar-refractivity contribution in [3.8, 4) is 0 Å². The zero-order chi connectivity index (χ0) is 15.5. The second-order valence-corrected chi connectivity index (χ2v) is 7.47. The quantitative estimate of drug-likeness (QED) is 0.411. The molecule has 0 saturated carbocycles. The summed E-state index contributed by atoms with van der Waals surface area (Å²) in [6.45, 7) is 0. The number of hydrogen-bond donors (Lipinski definition) is 0. The third-order valence-corrected chi connectivity index (χ3v) is 6.13. The fraction of sp³-hybridized carbons (Fsp3) is 0. The summed E-state index contributed by atoms with van der Waals surface area (Å²) in [5, 5.41) is 2.59. The van der Waals surface area contributed by atoms with Crippen molar-refractivity contribution in [2.45, 2.75) is 14.7 Å². The summed E-state index contributed by atoms with van der Waals surface area (Å²) in [6, 6.07) is 37.0. The van der Waals surface area contributed by atoms with Gasteiger partial charge in [0.25, 0.3) is 0 Å². The molecule has 0 aliphatic carbocycles. The van der Waals surface area contributed by atoms with Crippen LogP contribution in [0.2, 0.25) is 0 Å². The largest absolute Gasteiger partial charge is 0.167 e. The van der Waals surface area contributed by atoms with E-state index in [9.17, 15) is 0 Å². The van der Waals surface area contributed by atoms with Gasteiger partial charge in [0.15, 0.2) is 14.7 Å². The van der Waals surface area contributed by atoms with E-state index in [1.54, 1.807) is 0 Å². The van der Waals surface area contributed by atoms with Crippen molar-refractivity contribution in [3.63, 3.8) is 0 Å². The molecule has 1 heteroatoms. The van der Waals surface area contributed by atoms with Crippen molar-refractivity contribution in [2.75, 3.05) is 0 Å². The second kappa shape index (κ2) is 6.31. The molecule has 0 amide bonds. The molecule has 4 rings (SSSR count). The number of fused-ring (bicyclic) bond motifs is 1. The second-order valence-electron chi connectivity index (χ2n) is 5.44. The highest BCUT2D eigenvalue weighted by Crippen LogP contribution is 2.32. The Kier molecular flexibility index (Phi) is 3.87. The topological polar surface area (TPSA) is 0 Å². The minimum atomic E-state index is -0.0707. The van der Waals surface area contributed by atoms with Crippen LogP contribution in [0.4, 0.5) is 0 Å². The van der Waals surface area contributed by atoms with E-state index >= 15 is 0 Å². The van der Waals surface area contributed by atoms with Crippen molar-refractivity contribution in [3.05, 3.63) is 103 Å². The molecule has 0 N–H and O–H groups in total. The van der Waals surface area contributed by atoms with Crippen LogP contribution in [0, 0.1) is 0 Å². The predicted molar refractivity (Wildman–Crippen MR) is 99.0 cm³/mol. The molecule has 0 saturated heterocycles. The monoisotopic (exact) mass is 313 g/mol. The first-order chi connectivity index (χ1) is 11.4. The van der Waals surface area contributed by atoms with Gasteiger partial charge in [0.2, 0.25) is 0 Å². The van der Waals surface area contributed by atoms with Gasteiger partial charge in [-0.05, 0) is 47.2 Å². The summed E-state index contributed by atoms with van der Waals surface area (Å²) in [5.74, 6) is 0. The lowest BCUT2D eigenvalue weighted by Crippen LogP contribution is -2.04. The van der Waals surface area contributed by atoms with E-state index in [1.807, 2.05) is 0 Å². The zero-order valence-electron chi connectivity index (χ0n) is 12.7. The van der Waals surface area contributed by atoms with Crippen LogP contribution in [0.3, 0.4) is 0 Å². The van der Waals surface area contributed by atoms with Crippen molar-refractivity contribution in [1.82, 2.24) is 0 Å². The van der Waals surface area contributed by atoms with E-state index in [2.05, 4.69) is 103 Å². The van der Waals surface area contributed by atoms with Crippen molar-refractivity contribution in [1.29, 1.82) is 0 Å². The predicted octanol–water partition coefficient (Wildman–Crippen LogP) is 5.94. The SMILES string of the molecule is c1ccc([S+](c2ccccc2)c2ccc3ccccc3c2)cc1. The van der Waals surface area contributed by atoms with Crippen LogP contribution in [0.5, 0.6) is 0 Å². The van der Waals surface area contributed by atoms with Gasteiger partial charge in [-0.15, -0.1) is 0 Å². The van der Waals surface area contributed by atoms with E-state index in [0.29, 0.717) is 0 Å². The molecule has 0 bridgehead atoms. The lowest BCUT2D eigenvalue weighted by Gasteiger charge is -2.08. The molecule has 23 heavy (non-hydrogen) atoms. The van der Waals surface area contributed by atoms with E-state index in [-0.39, 0.29) is 10.9 Å². The Morgan fingerprint density at radius 1 is 0.391 bits per heavy atom. The molecular weight excluding hydrogens is 296 g/mol. The van der Waals surface area contributed by atoms with Crippen LogP contribution < -0.4 is 0 Å². The fourth-order valence-corrected chi connectivity index (χ4v) is 4.94. The molecule has 0 fully saturated rings. The third-order valence-electron chi connectivity index (χ3n) is 3.91. The Morgan fingerprint density at radius 3 is 1.52 bits per heavy atom. The molecule has 0 atom stereocenters. The Bertz CT molecular complexity index is 874. The van der Waals surface area contributed by atoms with Gasteiger partial charge in [0, 0.05) is 6.07 Å². The number of rotatable bonds is 3. The molecule has 4 aromatic carbocycles. The maximum Gasteiger partial charge on any atom is 0.167 e. The summed E-state index contributed by atoms with van der Waals surface area (Å²) < 4.78 is 0. The van der Waals surface area contributed by atoms with Crippen molar-refractivity contribution >= 4 is 21.7 Å². The lowest BCUT2D eigenvalue weighted by atomic mass is 10.1. The minimum absolute atomic E-state index is 0.0707. The minimum Gasteiger partial charge on any atom is -0.0619 e. The average Bonchev–Trinajstić information content (AvgIpc) is 2.64. The van der Waals surface area contributed by atoms with Gasteiger partial charge in [-0.3, -0.25) is 0 Å². The van der Waals surface area contributed by atoms with Gasteiger partial charge < -0.3 is 0 Å². The molecule has 0 spiro atoms. The standard InChI is InChI=1S/C22H17S/c1-3-11-20(12-4-1)23(21-13-5-2-6-14-21)22-16-15-18-9-7-8-10-19(18)17-22/h1-17H/q+1. The Labute approximate surface area is 139 Å². The number of hydrogen-bond acceptors (Lipinski definition) is 0. The van der Waals surface area contributed by atoms with Gasteiger partial charge in [0.1, 0.15) is 0 Å². The molecule has 110 valence electrons. The summed E-state index contributed by atoms with van der Waals surface area (Å²) in [5.41, 5.74) is 0. The van der Waals surface area contributed by atoms with E-state index in [1.165, 1.54) is 25.5 Å². The lowest BCUT2D eigenvalue weighted by molar-refractivity contribution is 1.33. The molecule has 0 aliphatic rings. The normalized spacial score (nSPS) is 11.0. The smallest absolute Gasteiger partial charge is 0.0619 e. The Hall–Kier alpha value is -2.51. The van der Waals surface area contributed by atoms with Gasteiger partial charge in [-0.2, -0.15) is 0 Å². The molecular formula is C22H17S+. The fourth-order valence-electron chi connectivity index (χ4n) is 2.82. The van der Waals surface area contributed by atoms with Crippen LogP contribution in [0.25, 0.3) is 10.8 Å². The van der Waals surface area contributed by atoms with E-state index < -0.39 is 0 Å². The zero-order valence-corrected chi connectivity index (χ0v) is 13.5. The molecule has 0 heterocycles. The van der Waals surface area contributed by atoms with Gasteiger partial charge >= 0.3 is 0 Å². The molecule has 0 unspecified atom stereocenters. The van der Waals surface area contributed by atoms with E-state index in [4.69, 9.17) is 0 Å². The molecule has 0 radical (unpaired) electrons. The van der Waals surface area contributed by atoms with Crippen LogP contribution >= 0.6 is 0 Å². The molecule has 0 nitrogen and oxygen atoms in total. The van der Waals surface area contributed by atoms with Crippen LogP contribution in [0.1, 0.15) is 0 Å². The van der Waals surface area contributed by atoms with Crippen LogP contribution in [-0.4, -0.2) is 0 Å². The van der Waals surface area contributed by atoms with Crippen molar-refractivity contribution < 1.29 is 0 Å². The summed E-state index contributed by atoms with van der Waals surface area (Å²) in [4.78, 5) is 4.07. The average molecular weight is 313 g/mol. The Morgan fingerprint density at radius 2 is 0.913 bits per heavy atom. The van der Waals surface area contributed by atoms with Crippen LogP contribution in [-0.2, 0) is 10.9 Å². The molecule has 4 aromatic rings. The first kappa shape index (κ1) is 14.1. The van der Waals surface area contributed by atoms with Crippen molar-refractivity contribution in [2.24, 2.45) is 0 Å². The Balaban J connectivity index is 1.90.